The summed E-state index contributed by atoms with van der Waals surface area (Å²) in [6, 6.07) is 16.0. The lowest BCUT2D eigenvalue weighted by molar-refractivity contribution is -0.136. The predicted molar refractivity (Wildman–Crippen MR) is 141 cm³/mol. The number of nitrogens with zero attached hydrogens (tertiary/aromatic N) is 3. The van der Waals surface area contributed by atoms with Gasteiger partial charge in [0.2, 0.25) is 11.8 Å². The number of imide groups is 1. The highest BCUT2D eigenvalue weighted by atomic mass is 16.5. The number of pyridine rings is 1. The van der Waals surface area contributed by atoms with E-state index in [1.165, 1.54) is 10.9 Å². The molecule has 38 heavy (non-hydrogen) atoms. The molecule has 194 valence electrons. The molecule has 3 aromatic rings. The summed E-state index contributed by atoms with van der Waals surface area (Å²) in [7, 11) is 0. The highest BCUT2D eigenvalue weighted by molar-refractivity contribution is 6.05. The van der Waals surface area contributed by atoms with Crippen LogP contribution in [0, 0.1) is 0 Å². The molecule has 2 aromatic carbocycles. The van der Waals surface area contributed by atoms with E-state index >= 15 is 0 Å². The predicted octanol–water partition coefficient (Wildman–Crippen LogP) is 3.40. The molecule has 3 aliphatic heterocycles. The molecule has 8 nitrogen and oxygen atoms in total. The normalized spacial score (nSPS) is 25.9. The molecule has 3 fully saturated rings. The minimum absolute atomic E-state index is 0.117. The number of aromatic nitrogens is 1. The van der Waals surface area contributed by atoms with Gasteiger partial charge in [0.05, 0.1) is 5.52 Å². The molecule has 0 spiro atoms. The Morgan fingerprint density at radius 3 is 2.71 bits per heavy atom. The van der Waals surface area contributed by atoms with Gasteiger partial charge in [0, 0.05) is 55.2 Å². The van der Waals surface area contributed by atoms with Crippen molar-refractivity contribution in [2.75, 3.05) is 13.1 Å². The zero-order chi connectivity index (χ0) is 25.8. The second-order valence-corrected chi connectivity index (χ2v) is 10.9. The largest absolute Gasteiger partial charge is 0.489 e. The van der Waals surface area contributed by atoms with Crippen molar-refractivity contribution in [1.82, 2.24) is 20.1 Å². The zero-order valence-electron chi connectivity index (χ0n) is 21.1. The number of hydrogen-bond donors (Lipinski definition) is 1. The van der Waals surface area contributed by atoms with Crippen LogP contribution in [0.1, 0.15) is 59.5 Å². The van der Waals surface area contributed by atoms with E-state index in [9.17, 15) is 14.4 Å². The molecule has 1 saturated carbocycles. The lowest BCUT2D eigenvalue weighted by atomic mass is 9.87. The van der Waals surface area contributed by atoms with Crippen molar-refractivity contribution in [3.8, 4) is 5.75 Å². The third-order valence-electron chi connectivity index (χ3n) is 8.70. The first kappa shape index (κ1) is 23.3. The fourth-order valence-corrected chi connectivity index (χ4v) is 6.71. The van der Waals surface area contributed by atoms with E-state index in [2.05, 4.69) is 39.5 Å². The van der Waals surface area contributed by atoms with Gasteiger partial charge >= 0.3 is 0 Å². The first-order valence-electron chi connectivity index (χ1n) is 13.6. The molecule has 1 N–H and O–H groups in total. The first-order valence-corrected chi connectivity index (χ1v) is 13.6. The minimum Gasteiger partial charge on any atom is -0.489 e. The van der Waals surface area contributed by atoms with Crippen LogP contribution in [0.4, 0.5) is 0 Å². The molecule has 1 aromatic heterocycles. The van der Waals surface area contributed by atoms with Gasteiger partial charge < -0.3 is 9.64 Å². The van der Waals surface area contributed by atoms with Gasteiger partial charge in [-0.25, -0.2) is 0 Å². The van der Waals surface area contributed by atoms with Crippen LogP contribution >= 0.6 is 0 Å². The number of hydrogen-bond acceptors (Lipinski definition) is 6. The summed E-state index contributed by atoms with van der Waals surface area (Å²) in [6.45, 7) is 2.41. The van der Waals surface area contributed by atoms with Crippen LogP contribution in [0.2, 0.25) is 0 Å². The van der Waals surface area contributed by atoms with Gasteiger partial charge in [-0.2, -0.15) is 0 Å². The van der Waals surface area contributed by atoms with Crippen molar-refractivity contribution in [3.05, 3.63) is 71.4 Å². The van der Waals surface area contributed by atoms with Crippen LogP contribution in [0.5, 0.6) is 5.75 Å². The van der Waals surface area contributed by atoms with Gasteiger partial charge in [-0.15, -0.1) is 0 Å². The Balaban J connectivity index is 1.02. The summed E-state index contributed by atoms with van der Waals surface area (Å²) in [6.07, 6.45) is 5.94. The van der Waals surface area contributed by atoms with E-state index in [1.54, 1.807) is 4.90 Å². The molecule has 3 amide bonds. The number of likely N-dealkylation sites (tertiary alicyclic amines) is 1. The maximum absolute atomic E-state index is 13.0. The third-order valence-corrected chi connectivity index (χ3v) is 8.70. The molecule has 0 bridgehead atoms. The second kappa shape index (κ2) is 9.20. The number of amides is 3. The average Bonchev–Trinajstić information content (AvgIpc) is 3.47. The summed E-state index contributed by atoms with van der Waals surface area (Å²) in [5.74, 6) is 0.458. The molecule has 4 heterocycles. The van der Waals surface area contributed by atoms with E-state index in [1.807, 2.05) is 30.5 Å². The molecule has 3 atom stereocenters. The highest BCUT2D eigenvalue weighted by Crippen LogP contribution is 2.38. The fraction of sp³-hybridized carbons (Fsp3) is 0.400. The number of ether oxygens (including phenoxy) is 1. The minimum atomic E-state index is -0.604. The van der Waals surface area contributed by atoms with Crippen molar-refractivity contribution in [2.24, 2.45) is 0 Å². The van der Waals surface area contributed by atoms with E-state index in [0.717, 1.165) is 49.2 Å². The van der Waals surface area contributed by atoms with Crippen LogP contribution < -0.4 is 10.1 Å². The summed E-state index contributed by atoms with van der Waals surface area (Å²) < 4.78 is 6.53. The number of rotatable bonds is 5. The maximum atomic E-state index is 13.0. The lowest BCUT2D eigenvalue weighted by Gasteiger charge is -2.45. The molecular weight excluding hydrogens is 480 g/mol. The van der Waals surface area contributed by atoms with Crippen LogP contribution in [0.15, 0.2) is 54.7 Å². The fourth-order valence-electron chi connectivity index (χ4n) is 6.71. The number of para-hydroxylation sites is 1. The molecular formula is C30H30N4O4. The Labute approximate surface area is 221 Å². The lowest BCUT2D eigenvalue weighted by Crippen LogP contribution is -2.54. The molecule has 0 radical (unpaired) electrons. The second-order valence-electron chi connectivity index (χ2n) is 10.9. The van der Waals surface area contributed by atoms with Gasteiger partial charge in [-0.3, -0.25) is 29.6 Å². The van der Waals surface area contributed by atoms with E-state index < -0.39 is 6.04 Å². The molecule has 2 saturated heterocycles. The van der Waals surface area contributed by atoms with Crippen molar-refractivity contribution in [1.29, 1.82) is 0 Å². The van der Waals surface area contributed by atoms with Gasteiger partial charge in [-0.05, 0) is 67.1 Å². The molecule has 1 unspecified atom stereocenters. The van der Waals surface area contributed by atoms with Crippen LogP contribution in [-0.2, 0) is 16.1 Å². The number of nitrogens with one attached hydrogen (secondary N) is 1. The monoisotopic (exact) mass is 510 g/mol. The van der Waals surface area contributed by atoms with Crippen molar-refractivity contribution >= 4 is 28.6 Å². The Hall–Kier alpha value is -3.78. The SMILES string of the molecule is O=C1CCC(N2Cc3cc(O[C@@H]4CCC[C@H]4N4CC(c5ccnc6ccccc56)C4)ccc3C2=O)C(=O)N1. The van der Waals surface area contributed by atoms with Crippen LogP contribution in [0.25, 0.3) is 10.9 Å². The highest BCUT2D eigenvalue weighted by Gasteiger charge is 2.42. The summed E-state index contributed by atoms with van der Waals surface area (Å²) in [4.78, 5) is 45.5. The average molecular weight is 511 g/mol. The van der Waals surface area contributed by atoms with Gasteiger partial charge in [-0.1, -0.05) is 18.2 Å². The standard InChI is InChI=1S/C30H30N4O4/c35-28-11-10-26(29(36)32-28)34-17-18-14-20(8-9-22(18)30(34)37)38-27-7-3-6-25(27)33-15-19(16-33)21-12-13-31-24-5-2-1-4-23(21)24/h1-2,4-5,8-9,12-14,19,25-27H,3,6-7,10-11,15-17H2,(H,32,35,36)/t25-,26?,27-/m1/s1. The van der Waals surface area contributed by atoms with Crippen LogP contribution in [0.3, 0.4) is 0 Å². The number of benzene rings is 2. The van der Waals surface area contributed by atoms with Gasteiger partial charge in [0.15, 0.2) is 0 Å². The number of carbonyl (C=O) groups is 3. The molecule has 1 aliphatic carbocycles. The Bertz CT molecular complexity index is 1440. The Kier molecular flexibility index (Phi) is 5.65. The van der Waals surface area contributed by atoms with Crippen molar-refractivity contribution < 1.29 is 19.1 Å². The summed E-state index contributed by atoms with van der Waals surface area (Å²) in [5, 5.41) is 3.61. The Morgan fingerprint density at radius 2 is 1.84 bits per heavy atom. The zero-order valence-corrected chi connectivity index (χ0v) is 21.1. The van der Waals surface area contributed by atoms with E-state index in [4.69, 9.17) is 4.74 Å². The topological polar surface area (TPSA) is 91.8 Å². The number of carbonyl (C=O) groups excluding carboxylic acids is 3. The summed E-state index contributed by atoms with van der Waals surface area (Å²) >= 11 is 0. The van der Waals surface area contributed by atoms with Crippen molar-refractivity contribution in [2.45, 2.75) is 62.8 Å². The third kappa shape index (κ3) is 3.95. The smallest absolute Gasteiger partial charge is 0.255 e. The number of piperidine rings is 1. The summed E-state index contributed by atoms with van der Waals surface area (Å²) in [5.41, 5.74) is 3.92. The van der Waals surface area contributed by atoms with E-state index in [-0.39, 0.29) is 30.2 Å². The molecule has 8 heteroatoms. The van der Waals surface area contributed by atoms with E-state index in [0.29, 0.717) is 30.5 Å². The van der Waals surface area contributed by atoms with Crippen molar-refractivity contribution in [3.63, 3.8) is 0 Å². The quantitative estimate of drug-likeness (QED) is 0.529. The Morgan fingerprint density at radius 1 is 0.974 bits per heavy atom. The molecule has 4 aliphatic rings. The van der Waals surface area contributed by atoms with Gasteiger partial charge in [0.25, 0.3) is 5.91 Å². The number of fused-ring (bicyclic) bond motifs is 2. The maximum Gasteiger partial charge on any atom is 0.255 e. The molecule has 7 rings (SSSR count). The van der Waals surface area contributed by atoms with Gasteiger partial charge in [0.1, 0.15) is 17.9 Å². The van der Waals surface area contributed by atoms with Crippen LogP contribution in [-0.4, -0.2) is 63.8 Å². The first-order chi connectivity index (χ1) is 18.5.